The Morgan fingerprint density at radius 3 is 2.67 bits per heavy atom. The van der Waals surface area contributed by atoms with Gasteiger partial charge in [-0.15, -0.1) is 0 Å². The molecule has 1 aromatic carbocycles. The molecular formula is C16H22N4O. The Kier molecular flexibility index (Phi) is 4.31. The first-order chi connectivity index (χ1) is 10.3. The minimum Gasteiger partial charge on any atom is -0.396 e. The first kappa shape index (κ1) is 14.2. The van der Waals surface area contributed by atoms with Gasteiger partial charge in [0.15, 0.2) is 0 Å². The van der Waals surface area contributed by atoms with E-state index < -0.39 is 0 Å². The summed E-state index contributed by atoms with van der Waals surface area (Å²) >= 11 is 0. The van der Waals surface area contributed by atoms with Gasteiger partial charge in [0, 0.05) is 25.1 Å². The fourth-order valence-electron chi connectivity index (χ4n) is 3.03. The van der Waals surface area contributed by atoms with Gasteiger partial charge in [-0.1, -0.05) is 31.0 Å². The molecule has 112 valence electrons. The van der Waals surface area contributed by atoms with E-state index in [1.807, 2.05) is 30.3 Å². The Morgan fingerprint density at radius 2 is 1.95 bits per heavy atom. The van der Waals surface area contributed by atoms with E-state index in [2.05, 4.69) is 15.5 Å². The average Bonchev–Trinajstić information content (AvgIpc) is 3.18. The van der Waals surface area contributed by atoms with Crippen LogP contribution < -0.4 is 5.32 Å². The fourth-order valence-corrected chi connectivity index (χ4v) is 3.03. The first-order valence-corrected chi connectivity index (χ1v) is 7.60. The Hall–Kier alpha value is -1.72. The highest BCUT2D eigenvalue weighted by Gasteiger charge is 2.32. The molecule has 5 nitrogen and oxygen atoms in total. The number of nitrogens with zero attached hydrogens (tertiary/aromatic N) is 3. The molecule has 1 heterocycles. The van der Waals surface area contributed by atoms with Gasteiger partial charge in [0.25, 0.3) is 0 Å². The number of benzene rings is 1. The summed E-state index contributed by atoms with van der Waals surface area (Å²) in [5.41, 5.74) is 1.96. The molecule has 3 rings (SSSR count). The summed E-state index contributed by atoms with van der Waals surface area (Å²) in [4.78, 5) is 1.65. The SMILES string of the molecule is OCC1(CNCc2cnn(-c3ccccc3)n2)CCCC1. The number of aliphatic hydroxyl groups is 1. The number of hydrogen-bond donors (Lipinski definition) is 2. The van der Waals surface area contributed by atoms with E-state index in [0.717, 1.165) is 30.8 Å². The van der Waals surface area contributed by atoms with Crippen molar-refractivity contribution in [2.75, 3.05) is 13.2 Å². The minimum absolute atomic E-state index is 0.0788. The third-order valence-electron chi connectivity index (χ3n) is 4.33. The molecule has 0 amide bonds. The second-order valence-corrected chi connectivity index (χ2v) is 5.93. The van der Waals surface area contributed by atoms with E-state index in [1.54, 1.807) is 11.0 Å². The van der Waals surface area contributed by atoms with Crippen LogP contribution in [0.5, 0.6) is 0 Å². The van der Waals surface area contributed by atoms with Gasteiger partial charge in [-0.3, -0.25) is 0 Å². The smallest absolute Gasteiger partial charge is 0.0969 e. The van der Waals surface area contributed by atoms with Crippen LogP contribution in [0.25, 0.3) is 5.69 Å². The van der Waals surface area contributed by atoms with Gasteiger partial charge in [0.2, 0.25) is 0 Å². The van der Waals surface area contributed by atoms with Crippen molar-refractivity contribution >= 4 is 0 Å². The van der Waals surface area contributed by atoms with Gasteiger partial charge in [-0.25, -0.2) is 0 Å². The van der Waals surface area contributed by atoms with Crippen LogP contribution in [0.4, 0.5) is 0 Å². The Morgan fingerprint density at radius 1 is 1.19 bits per heavy atom. The molecule has 21 heavy (non-hydrogen) atoms. The lowest BCUT2D eigenvalue weighted by Crippen LogP contribution is -2.34. The highest BCUT2D eigenvalue weighted by atomic mass is 16.3. The van der Waals surface area contributed by atoms with E-state index in [1.165, 1.54) is 12.8 Å². The third-order valence-corrected chi connectivity index (χ3v) is 4.33. The van der Waals surface area contributed by atoms with Crippen LogP contribution in [-0.2, 0) is 6.54 Å². The quantitative estimate of drug-likeness (QED) is 0.851. The summed E-state index contributed by atoms with van der Waals surface area (Å²) in [6.45, 7) is 1.81. The lowest BCUT2D eigenvalue weighted by Gasteiger charge is -2.26. The molecule has 0 radical (unpaired) electrons. The monoisotopic (exact) mass is 286 g/mol. The number of aliphatic hydroxyl groups excluding tert-OH is 1. The van der Waals surface area contributed by atoms with Gasteiger partial charge in [-0.05, 0) is 25.0 Å². The predicted molar refractivity (Wildman–Crippen MR) is 81.1 cm³/mol. The second kappa shape index (κ2) is 6.37. The topological polar surface area (TPSA) is 63.0 Å². The van der Waals surface area contributed by atoms with Crippen LogP contribution in [0, 0.1) is 5.41 Å². The zero-order valence-corrected chi connectivity index (χ0v) is 12.2. The van der Waals surface area contributed by atoms with Crippen LogP contribution in [0.15, 0.2) is 36.5 Å². The molecule has 2 aromatic rings. The van der Waals surface area contributed by atoms with Gasteiger partial charge >= 0.3 is 0 Å². The summed E-state index contributed by atoms with van der Waals surface area (Å²) in [5, 5.41) is 21.8. The zero-order chi connectivity index (χ0) is 14.5. The van der Waals surface area contributed by atoms with Crippen LogP contribution in [-0.4, -0.2) is 33.3 Å². The normalized spacial score (nSPS) is 17.2. The molecule has 0 aliphatic heterocycles. The minimum atomic E-state index is 0.0788. The lowest BCUT2D eigenvalue weighted by atomic mass is 9.87. The number of nitrogens with one attached hydrogen (secondary N) is 1. The number of aromatic nitrogens is 3. The van der Waals surface area contributed by atoms with Gasteiger partial charge in [0.1, 0.15) is 0 Å². The lowest BCUT2D eigenvalue weighted by molar-refractivity contribution is 0.128. The Labute approximate surface area is 125 Å². The fraction of sp³-hybridized carbons (Fsp3) is 0.500. The summed E-state index contributed by atoms with van der Waals surface area (Å²) < 4.78 is 0. The molecule has 1 aliphatic carbocycles. The van der Waals surface area contributed by atoms with E-state index in [0.29, 0.717) is 6.54 Å². The maximum Gasteiger partial charge on any atom is 0.0969 e. The van der Waals surface area contributed by atoms with Crippen molar-refractivity contribution in [3.05, 3.63) is 42.2 Å². The predicted octanol–water partition coefficient (Wildman–Crippen LogP) is 1.91. The number of para-hydroxylation sites is 1. The van der Waals surface area contributed by atoms with E-state index >= 15 is 0 Å². The van der Waals surface area contributed by atoms with Gasteiger partial charge in [0.05, 0.1) is 17.6 Å². The summed E-state index contributed by atoms with van der Waals surface area (Å²) in [7, 11) is 0. The summed E-state index contributed by atoms with van der Waals surface area (Å²) in [5.74, 6) is 0. The molecule has 1 saturated carbocycles. The van der Waals surface area contributed by atoms with Crippen molar-refractivity contribution in [1.82, 2.24) is 20.3 Å². The second-order valence-electron chi connectivity index (χ2n) is 5.93. The molecular weight excluding hydrogens is 264 g/mol. The van der Waals surface area contributed by atoms with Crippen molar-refractivity contribution in [3.63, 3.8) is 0 Å². The molecule has 1 aliphatic rings. The maximum absolute atomic E-state index is 9.59. The molecule has 0 saturated heterocycles. The van der Waals surface area contributed by atoms with Crippen LogP contribution >= 0.6 is 0 Å². The van der Waals surface area contributed by atoms with Crippen molar-refractivity contribution in [2.45, 2.75) is 32.2 Å². The summed E-state index contributed by atoms with van der Waals surface area (Å²) in [6.07, 6.45) is 6.49. The molecule has 1 aromatic heterocycles. The number of hydrogen-bond acceptors (Lipinski definition) is 4. The molecule has 0 atom stereocenters. The zero-order valence-electron chi connectivity index (χ0n) is 12.2. The molecule has 0 unspecified atom stereocenters. The Bertz CT molecular complexity index is 561. The molecule has 5 heteroatoms. The van der Waals surface area contributed by atoms with Crippen LogP contribution in [0.3, 0.4) is 0 Å². The molecule has 1 fully saturated rings. The maximum atomic E-state index is 9.59. The molecule has 0 bridgehead atoms. The highest BCUT2D eigenvalue weighted by molar-refractivity contribution is 5.28. The standard InChI is InChI=1S/C16H22N4O/c21-13-16(8-4-5-9-16)12-17-10-14-11-18-20(19-14)15-6-2-1-3-7-15/h1-3,6-7,11,17,21H,4-5,8-10,12-13H2. The van der Waals surface area contributed by atoms with Crippen molar-refractivity contribution in [3.8, 4) is 5.69 Å². The number of rotatable bonds is 6. The van der Waals surface area contributed by atoms with Crippen LogP contribution in [0.2, 0.25) is 0 Å². The van der Waals surface area contributed by atoms with E-state index in [4.69, 9.17) is 0 Å². The average molecular weight is 286 g/mol. The molecule has 0 spiro atoms. The third kappa shape index (κ3) is 3.31. The first-order valence-electron chi connectivity index (χ1n) is 7.60. The highest BCUT2D eigenvalue weighted by Crippen LogP contribution is 2.36. The van der Waals surface area contributed by atoms with Gasteiger partial charge < -0.3 is 10.4 Å². The van der Waals surface area contributed by atoms with Crippen LogP contribution in [0.1, 0.15) is 31.4 Å². The van der Waals surface area contributed by atoms with E-state index in [-0.39, 0.29) is 12.0 Å². The summed E-state index contributed by atoms with van der Waals surface area (Å²) in [6, 6.07) is 9.89. The molecule has 2 N–H and O–H groups in total. The Balaban J connectivity index is 1.56. The van der Waals surface area contributed by atoms with Crippen molar-refractivity contribution in [2.24, 2.45) is 5.41 Å². The van der Waals surface area contributed by atoms with E-state index in [9.17, 15) is 5.11 Å². The van der Waals surface area contributed by atoms with Crippen molar-refractivity contribution in [1.29, 1.82) is 0 Å². The largest absolute Gasteiger partial charge is 0.396 e. The van der Waals surface area contributed by atoms with Crippen molar-refractivity contribution < 1.29 is 5.11 Å². The van der Waals surface area contributed by atoms with Gasteiger partial charge in [-0.2, -0.15) is 15.0 Å².